The summed E-state index contributed by atoms with van der Waals surface area (Å²) in [6.07, 6.45) is 0.698. The number of carbonyl (C=O) groups is 2. The molecule has 0 aromatic rings. The highest BCUT2D eigenvalue weighted by molar-refractivity contribution is 8.01. The lowest BCUT2D eigenvalue weighted by molar-refractivity contribution is -0.144. The fourth-order valence-electron chi connectivity index (χ4n) is 2.26. The summed E-state index contributed by atoms with van der Waals surface area (Å²) in [5.41, 5.74) is 0. The number of hydrogen-bond donors (Lipinski definition) is 1. The third-order valence-corrected chi connectivity index (χ3v) is 6.70. The summed E-state index contributed by atoms with van der Waals surface area (Å²) in [5.74, 6) is -0.248. The highest BCUT2D eigenvalue weighted by atomic mass is 32.2. The normalized spacial score (nSPS) is 32.2. The summed E-state index contributed by atoms with van der Waals surface area (Å²) >= 11 is 1.39. The summed E-state index contributed by atoms with van der Waals surface area (Å²) in [6.45, 7) is 3.74. The molecule has 0 aliphatic carbocycles. The van der Waals surface area contributed by atoms with Gasteiger partial charge in [0.2, 0.25) is 15.9 Å². The summed E-state index contributed by atoms with van der Waals surface area (Å²) in [4.78, 5) is 24.5. The molecule has 0 radical (unpaired) electrons. The molecule has 2 aliphatic rings. The molecule has 2 heterocycles. The van der Waals surface area contributed by atoms with Gasteiger partial charge in [-0.25, -0.2) is 12.7 Å². The van der Waals surface area contributed by atoms with Crippen molar-refractivity contribution in [2.24, 2.45) is 5.92 Å². The first-order valence-corrected chi connectivity index (χ1v) is 9.09. The van der Waals surface area contributed by atoms with Gasteiger partial charge >= 0.3 is 0 Å². The van der Waals surface area contributed by atoms with Gasteiger partial charge in [0.05, 0.1) is 5.75 Å². The van der Waals surface area contributed by atoms with Gasteiger partial charge in [0.25, 0.3) is 5.91 Å². The molecule has 2 fully saturated rings. The van der Waals surface area contributed by atoms with Gasteiger partial charge in [-0.2, -0.15) is 11.8 Å². The standard InChI is InChI=1S/C11H18N2O4S2/c1-3-7(2)9-11(15)13-8(10(14)12-9)6-18-4-5-19(13,16)17/h7-9H,3-6H2,1-2H3,(H,12,14). The first kappa shape index (κ1) is 14.6. The van der Waals surface area contributed by atoms with Crippen molar-refractivity contribution in [1.82, 2.24) is 9.62 Å². The monoisotopic (exact) mass is 306 g/mol. The maximum absolute atomic E-state index is 12.4. The quantitative estimate of drug-likeness (QED) is 0.764. The Morgan fingerprint density at radius 1 is 1.47 bits per heavy atom. The Morgan fingerprint density at radius 3 is 2.79 bits per heavy atom. The van der Waals surface area contributed by atoms with Crippen LogP contribution in [-0.2, 0) is 19.6 Å². The number of nitrogens with one attached hydrogen (secondary N) is 1. The van der Waals surface area contributed by atoms with Crippen LogP contribution >= 0.6 is 11.8 Å². The molecule has 0 aromatic heterocycles. The van der Waals surface area contributed by atoms with Crippen LogP contribution in [0.25, 0.3) is 0 Å². The summed E-state index contributed by atoms with van der Waals surface area (Å²) in [5, 5.41) is 2.67. The van der Waals surface area contributed by atoms with Crippen molar-refractivity contribution in [3.63, 3.8) is 0 Å². The van der Waals surface area contributed by atoms with Crippen LogP contribution in [0.4, 0.5) is 0 Å². The summed E-state index contributed by atoms with van der Waals surface area (Å²) in [7, 11) is -3.67. The lowest BCUT2D eigenvalue weighted by Crippen LogP contribution is -2.66. The second kappa shape index (κ2) is 5.32. The van der Waals surface area contributed by atoms with Crippen molar-refractivity contribution >= 4 is 33.6 Å². The predicted molar refractivity (Wildman–Crippen MR) is 73.1 cm³/mol. The van der Waals surface area contributed by atoms with E-state index in [9.17, 15) is 18.0 Å². The van der Waals surface area contributed by atoms with E-state index in [2.05, 4.69) is 5.32 Å². The maximum atomic E-state index is 12.4. The molecule has 3 atom stereocenters. The second-order valence-corrected chi connectivity index (χ2v) is 8.03. The van der Waals surface area contributed by atoms with E-state index in [4.69, 9.17) is 0 Å². The van der Waals surface area contributed by atoms with Crippen LogP contribution in [0.2, 0.25) is 0 Å². The number of carbonyl (C=O) groups excluding carboxylic acids is 2. The Bertz CT molecular complexity index is 491. The number of rotatable bonds is 2. The van der Waals surface area contributed by atoms with Crippen molar-refractivity contribution < 1.29 is 18.0 Å². The van der Waals surface area contributed by atoms with E-state index in [0.717, 1.165) is 4.31 Å². The predicted octanol–water partition coefficient (Wildman–Crippen LogP) is -0.195. The van der Waals surface area contributed by atoms with E-state index in [1.165, 1.54) is 11.8 Å². The largest absolute Gasteiger partial charge is 0.342 e. The van der Waals surface area contributed by atoms with Crippen molar-refractivity contribution in [2.45, 2.75) is 32.4 Å². The van der Waals surface area contributed by atoms with Crippen LogP contribution in [0.1, 0.15) is 20.3 Å². The minimum absolute atomic E-state index is 0.0801. The molecule has 3 unspecified atom stereocenters. The number of piperazine rings is 1. The van der Waals surface area contributed by atoms with Crippen LogP contribution in [0.15, 0.2) is 0 Å². The van der Waals surface area contributed by atoms with Crippen LogP contribution in [-0.4, -0.2) is 53.9 Å². The number of nitrogens with zero attached hydrogens (tertiary/aromatic N) is 1. The molecule has 0 bridgehead atoms. The van der Waals surface area contributed by atoms with Crippen LogP contribution in [0, 0.1) is 5.92 Å². The fraction of sp³-hybridized carbons (Fsp3) is 0.818. The Hall–Kier alpha value is -0.760. The van der Waals surface area contributed by atoms with E-state index in [1.54, 1.807) is 0 Å². The van der Waals surface area contributed by atoms with E-state index in [0.29, 0.717) is 17.9 Å². The van der Waals surface area contributed by atoms with E-state index in [1.807, 2.05) is 13.8 Å². The molecule has 6 nitrogen and oxygen atoms in total. The van der Waals surface area contributed by atoms with Crippen molar-refractivity contribution in [3.8, 4) is 0 Å². The van der Waals surface area contributed by atoms with Crippen molar-refractivity contribution in [2.75, 3.05) is 17.3 Å². The maximum Gasteiger partial charge on any atom is 0.259 e. The summed E-state index contributed by atoms with van der Waals surface area (Å²) in [6, 6.07) is -1.61. The van der Waals surface area contributed by atoms with Crippen molar-refractivity contribution in [1.29, 1.82) is 0 Å². The zero-order valence-electron chi connectivity index (χ0n) is 11.0. The lowest BCUT2D eigenvalue weighted by Gasteiger charge is -2.38. The highest BCUT2D eigenvalue weighted by Gasteiger charge is 2.48. The lowest BCUT2D eigenvalue weighted by atomic mass is 9.96. The topological polar surface area (TPSA) is 83.6 Å². The molecule has 108 valence electrons. The molecular formula is C11H18N2O4S2. The average Bonchev–Trinajstić information content (AvgIpc) is 2.51. The molecular weight excluding hydrogens is 288 g/mol. The molecule has 0 saturated carbocycles. The Kier molecular flexibility index (Phi) is 4.10. The molecule has 2 amide bonds. The SMILES string of the molecule is CCC(C)C1NC(=O)C2CSCCS(=O)(=O)N2C1=O. The molecule has 19 heavy (non-hydrogen) atoms. The van der Waals surface area contributed by atoms with Gasteiger partial charge in [-0.1, -0.05) is 20.3 Å². The van der Waals surface area contributed by atoms with Gasteiger partial charge in [0, 0.05) is 11.5 Å². The number of amides is 2. The van der Waals surface area contributed by atoms with Gasteiger partial charge in [0.1, 0.15) is 12.1 Å². The number of thioether (sulfide) groups is 1. The molecule has 1 N–H and O–H groups in total. The molecule has 2 saturated heterocycles. The molecule has 0 aromatic carbocycles. The number of fused-ring (bicyclic) bond motifs is 1. The summed E-state index contributed by atoms with van der Waals surface area (Å²) < 4.78 is 25.2. The average molecular weight is 306 g/mol. The molecule has 2 rings (SSSR count). The highest BCUT2D eigenvalue weighted by Crippen LogP contribution is 2.26. The van der Waals surface area contributed by atoms with Gasteiger partial charge in [0.15, 0.2) is 0 Å². The minimum Gasteiger partial charge on any atom is -0.342 e. The first-order valence-electron chi connectivity index (χ1n) is 6.32. The Labute approximate surface area is 117 Å². The van der Waals surface area contributed by atoms with Gasteiger partial charge in [-0.3, -0.25) is 9.59 Å². The van der Waals surface area contributed by atoms with Gasteiger partial charge in [-0.05, 0) is 5.92 Å². The molecule has 2 aliphatic heterocycles. The zero-order chi connectivity index (χ0) is 14.2. The number of hydrogen-bond acceptors (Lipinski definition) is 5. The second-order valence-electron chi connectivity index (χ2n) is 4.91. The van der Waals surface area contributed by atoms with Crippen molar-refractivity contribution in [3.05, 3.63) is 0 Å². The van der Waals surface area contributed by atoms with Gasteiger partial charge in [-0.15, -0.1) is 0 Å². The van der Waals surface area contributed by atoms with Crippen LogP contribution < -0.4 is 5.32 Å². The Morgan fingerprint density at radius 2 is 2.16 bits per heavy atom. The van der Waals surface area contributed by atoms with E-state index in [-0.39, 0.29) is 17.6 Å². The minimum atomic E-state index is -3.67. The third-order valence-electron chi connectivity index (χ3n) is 3.64. The molecule has 0 spiro atoms. The zero-order valence-corrected chi connectivity index (χ0v) is 12.6. The molecule has 8 heteroatoms. The van der Waals surface area contributed by atoms with E-state index >= 15 is 0 Å². The van der Waals surface area contributed by atoms with E-state index < -0.39 is 28.0 Å². The van der Waals surface area contributed by atoms with Gasteiger partial charge < -0.3 is 5.32 Å². The fourth-order valence-corrected chi connectivity index (χ4v) is 5.50. The Balaban J connectivity index is 2.39. The smallest absolute Gasteiger partial charge is 0.259 e. The van der Waals surface area contributed by atoms with Crippen LogP contribution in [0.5, 0.6) is 0 Å². The van der Waals surface area contributed by atoms with Crippen LogP contribution in [0.3, 0.4) is 0 Å². The third kappa shape index (κ3) is 2.60. The first-order chi connectivity index (χ1) is 8.88. The number of sulfonamides is 1.